The van der Waals surface area contributed by atoms with Crippen molar-refractivity contribution < 1.29 is 13.9 Å². The van der Waals surface area contributed by atoms with Crippen LogP contribution >= 0.6 is 15.9 Å². The van der Waals surface area contributed by atoms with Gasteiger partial charge < -0.3 is 9.47 Å². The van der Waals surface area contributed by atoms with Gasteiger partial charge in [-0.25, -0.2) is 4.39 Å². The van der Waals surface area contributed by atoms with Gasteiger partial charge in [0, 0.05) is 29.3 Å². The van der Waals surface area contributed by atoms with Gasteiger partial charge in [0.15, 0.2) is 0 Å². The first kappa shape index (κ1) is 12.4. The molecule has 0 radical (unpaired) electrons. The third kappa shape index (κ3) is 2.28. The van der Waals surface area contributed by atoms with Crippen LogP contribution in [0, 0.1) is 11.2 Å². The monoisotopic (exact) mass is 314 g/mol. The second kappa shape index (κ2) is 4.82. The Morgan fingerprint density at radius 1 is 1.44 bits per heavy atom. The number of hydrogen-bond donors (Lipinski definition) is 0. The zero-order valence-corrected chi connectivity index (χ0v) is 11.7. The summed E-state index contributed by atoms with van der Waals surface area (Å²) in [5.74, 6) is 0.655. The molecular weight excluding hydrogens is 299 g/mol. The van der Waals surface area contributed by atoms with Gasteiger partial charge >= 0.3 is 0 Å². The summed E-state index contributed by atoms with van der Waals surface area (Å²) >= 11 is 3.59. The molecule has 1 aromatic carbocycles. The van der Waals surface area contributed by atoms with Gasteiger partial charge in [-0.1, -0.05) is 15.9 Å². The summed E-state index contributed by atoms with van der Waals surface area (Å²) in [6.45, 7) is 1.63. The smallest absolute Gasteiger partial charge is 0.123 e. The Hall–Kier alpha value is -0.610. The summed E-state index contributed by atoms with van der Waals surface area (Å²) in [6, 6.07) is 4.78. The number of rotatable bonds is 3. The lowest BCUT2D eigenvalue weighted by atomic mass is 9.83. The zero-order chi connectivity index (χ0) is 12.6. The summed E-state index contributed by atoms with van der Waals surface area (Å²) in [5.41, 5.74) is 1.18. The minimum absolute atomic E-state index is 0.154. The predicted octanol–water partition coefficient (Wildman–Crippen LogP) is 3.32. The summed E-state index contributed by atoms with van der Waals surface area (Å²) < 4.78 is 24.6. The van der Waals surface area contributed by atoms with Crippen LogP contribution in [0.3, 0.4) is 0 Å². The molecule has 2 unspecified atom stereocenters. The molecule has 0 aliphatic carbocycles. The van der Waals surface area contributed by atoms with Crippen LogP contribution in [0.5, 0.6) is 5.75 Å². The molecule has 0 spiro atoms. The Morgan fingerprint density at radius 2 is 2.33 bits per heavy atom. The van der Waals surface area contributed by atoms with E-state index >= 15 is 0 Å². The van der Waals surface area contributed by atoms with Crippen LogP contribution in [-0.2, 0) is 11.2 Å². The van der Waals surface area contributed by atoms with E-state index in [0.717, 1.165) is 49.1 Å². The molecule has 1 fully saturated rings. The quantitative estimate of drug-likeness (QED) is 0.797. The molecule has 2 aliphatic heterocycles. The maximum absolute atomic E-state index is 13.2. The van der Waals surface area contributed by atoms with Gasteiger partial charge in [0.1, 0.15) is 17.7 Å². The average molecular weight is 315 g/mol. The molecule has 1 saturated heterocycles. The first-order valence-electron chi connectivity index (χ1n) is 6.30. The van der Waals surface area contributed by atoms with Gasteiger partial charge in [-0.3, -0.25) is 0 Å². The van der Waals surface area contributed by atoms with Crippen LogP contribution < -0.4 is 4.74 Å². The zero-order valence-electron chi connectivity index (χ0n) is 10.1. The number of halogens is 2. The standard InChI is InChI=1S/C14H16BrFO2/c15-8-14(3-4-17-9-14)7-12-6-10-5-11(16)1-2-13(10)18-12/h1-2,5,12H,3-4,6-9H2. The van der Waals surface area contributed by atoms with Crippen molar-refractivity contribution in [1.29, 1.82) is 0 Å². The molecule has 98 valence electrons. The van der Waals surface area contributed by atoms with Crippen molar-refractivity contribution in [3.63, 3.8) is 0 Å². The maximum Gasteiger partial charge on any atom is 0.123 e. The van der Waals surface area contributed by atoms with Crippen molar-refractivity contribution in [2.75, 3.05) is 18.5 Å². The van der Waals surface area contributed by atoms with E-state index in [9.17, 15) is 4.39 Å². The highest BCUT2D eigenvalue weighted by Gasteiger charge is 2.38. The first-order chi connectivity index (χ1) is 8.71. The largest absolute Gasteiger partial charge is 0.490 e. The van der Waals surface area contributed by atoms with Crippen molar-refractivity contribution in [1.82, 2.24) is 0 Å². The lowest BCUT2D eigenvalue weighted by molar-refractivity contribution is 0.118. The number of benzene rings is 1. The number of alkyl halides is 1. The molecule has 2 atom stereocenters. The van der Waals surface area contributed by atoms with Crippen molar-refractivity contribution in [3.05, 3.63) is 29.6 Å². The molecule has 2 aliphatic rings. The fourth-order valence-corrected chi connectivity index (χ4v) is 3.53. The van der Waals surface area contributed by atoms with Gasteiger partial charge in [0.05, 0.1) is 6.61 Å². The van der Waals surface area contributed by atoms with Crippen molar-refractivity contribution in [3.8, 4) is 5.75 Å². The Morgan fingerprint density at radius 3 is 3.06 bits per heavy atom. The third-order valence-corrected chi connectivity index (χ3v) is 5.08. The summed E-state index contributed by atoms with van der Waals surface area (Å²) in [7, 11) is 0. The second-order valence-corrected chi connectivity index (χ2v) is 5.90. The van der Waals surface area contributed by atoms with Crippen LogP contribution in [0.15, 0.2) is 18.2 Å². The van der Waals surface area contributed by atoms with Gasteiger partial charge in [-0.15, -0.1) is 0 Å². The lowest BCUT2D eigenvalue weighted by Gasteiger charge is -2.27. The van der Waals surface area contributed by atoms with E-state index < -0.39 is 0 Å². The Balaban J connectivity index is 1.70. The predicted molar refractivity (Wildman–Crippen MR) is 70.8 cm³/mol. The molecule has 0 amide bonds. The lowest BCUT2D eigenvalue weighted by Crippen LogP contribution is -2.30. The van der Waals surface area contributed by atoms with Crippen molar-refractivity contribution in [2.45, 2.75) is 25.4 Å². The van der Waals surface area contributed by atoms with Gasteiger partial charge in [-0.2, -0.15) is 0 Å². The minimum Gasteiger partial charge on any atom is -0.490 e. The van der Waals surface area contributed by atoms with E-state index in [1.54, 1.807) is 12.1 Å². The molecule has 0 N–H and O–H groups in total. The summed E-state index contributed by atoms with van der Waals surface area (Å²) in [4.78, 5) is 0. The van der Waals surface area contributed by atoms with E-state index in [-0.39, 0.29) is 17.3 Å². The van der Waals surface area contributed by atoms with Gasteiger partial charge in [0.2, 0.25) is 0 Å². The summed E-state index contributed by atoms with van der Waals surface area (Å²) in [6.07, 6.45) is 3.00. The first-order valence-corrected chi connectivity index (χ1v) is 7.42. The van der Waals surface area contributed by atoms with Crippen LogP contribution in [0.25, 0.3) is 0 Å². The average Bonchev–Trinajstić information content (AvgIpc) is 2.96. The van der Waals surface area contributed by atoms with Crippen LogP contribution in [-0.4, -0.2) is 24.6 Å². The van der Waals surface area contributed by atoms with Gasteiger partial charge in [-0.05, 0) is 31.0 Å². The highest BCUT2D eigenvalue weighted by atomic mass is 79.9. The highest BCUT2D eigenvalue weighted by molar-refractivity contribution is 9.09. The molecule has 2 nitrogen and oxygen atoms in total. The Labute approximate surface area is 115 Å². The number of fused-ring (bicyclic) bond motifs is 1. The number of ether oxygens (including phenoxy) is 2. The second-order valence-electron chi connectivity index (χ2n) is 5.34. The number of hydrogen-bond acceptors (Lipinski definition) is 2. The SMILES string of the molecule is Fc1ccc2c(c1)CC(CC1(CBr)CCOC1)O2. The Kier molecular flexibility index (Phi) is 3.32. The van der Waals surface area contributed by atoms with Crippen molar-refractivity contribution in [2.24, 2.45) is 5.41 Å². The molecule has 18 heavy (non-hydrogen) atoms. The van der Waals surface area contributed by atoms with Crippen molar-refractivity contribution >= 4 is 15.9 Å². The molecular formula is C14H16BrFO2. The third-order valence-electron chi connectivity index (χ3n) is 3.89. The van der Waals surface area contributed by atoms with E-state index in [1.807, 2.05) is 0 Å². The van der Waals surface area contributed by atoms with Crippen LogP contribution in [0.4, 0.5) is 4.39 Å². The molecule has 4 heteroatoms. The fourth-order valence-electron chi connectivity index (χ4n) is 2.86. The van der Waals surface area contributed by atoms with E-state index in [1.165, 1.54) is 6.07 Å². The molecule has 3 rings (SSSR count). The molecule has 0 bridgehead atoms. The summed E-state index contributed by atoms with van der Waals surface area (Å²) in [5, 5.41) is 0.935. The molecule has 0 saturated carbocycles. The minimum atomic E-state index is -0.183. The van der Waals surface area contributed by atoms with Crippen LogP contribution in [0.2, 0.25) is 0 Å². The highest BCUT2D eigenvalue weighted by Crippen LogP contribution is 2.40. The fraction of sp³-hybridized carbons (Fsp3) is 0.571. The molecule has 0 aromatic heterocycles. The van der Waals surface area contributed by atoms with E-state index in [0.29, 0.717) is 0 Å². The molecule has 1 aromatic rings. The van der Waals surface area contributed by atoms with E-state index in [4.69, 9.17) is 9.47 Å². The van der Waals surface area contributed by atoms with E-state index in [2.05, 4.69) is 15.9 Å². The van der Waals surface area contributed by atoms with Crippen LogP contribution in [0.1, 0.15) is 18.4 Å². The topological polar surface area (TPSA) is 18.5 Å². The molecule has 2 heterocycles. The maximum atomic E-state index is 13.2. The van der Waals surface area contributed by atoms with Gasteiger partial charge in [0.25, 0.3) is 0 Å². The Bertz CT molecular complexity index is 443. The normalized spacial score (nSPS) is 30.2.